The van der Waals surface area contributed by atoms with Crippen LogP contribution >= 0.6 is 0 Å². The van der Waals surface area contributed by atoms with Gasteiger partial charge >= 0.3 is 0 Å². The van der Waals surface area contributed by atoms with Crippen molar-refractivity contribution in [3.8, 4) is 29.3 Å². The zero-order valence-electron chi connectivity index (χ0n) is 20.6. The first-order chi connectivity index (χ1) is 17.3. The Morgan fingerprint density at radius 3 is 2.39 bits per heavy atom. The molecule has 2 aliphatic rings. The van der Waals surface area contributed by atoms with Gasteiger partial charge in [0.2, 0.25) is 11.8 Å². The highest BCUT2D eigenvalue weighted by molar-refractivity contribution is 5.95. The number of hydrogen-bond donors (Lipinski definition) is 2. The minimum absolute atomic E-state index is 0.0170. The summed E-state index contributed by atoms with van der Waals surface area (Å²) in [7, 11) is 0. The standard InChI is InChI=1S/C30H28N2O4/c1-18-14-19(2)16-21(15-18)35-13-12-30-11-10-29(3,36-30)25-26(30)28(34)32(27(25)33)24-9-8-20(17-31)22-6-4-5-7-23(22)24/h4-9,14-16,33-34H,10-13H2,1-3H3/t29-,30-/m1/s1. The van der Waals surface area contributed by atoms with Crippen molar-refractivity contribution in [1.29, 1.82) is 5.26 Å². The highest BCUT2D eigenvalue weighted by atomic mass is 16.5. The molecule has 0 aliphatic carbocycles. The van der Waals surface area contributed by atoms with Crippen LogP contribution in [-0.2, 0) is 15.9 Å². The Morgan fingerprint density at radius 2 is 1.67 bits per heavy atom. The maximum atomic E-state index is 11.6. The van der Waals surface area contributed by atoms with Crippen LogP contribution in [0.5, 0.6) is 17.5 Å². The van der Waals surface area contributed by atoms with E-state index >= 15 is 0 Å². The van der Waals surface area contributed by atoms with E-state index < -0.39 is 11.2 Å². The fourth-order valence-corrected chi connectivity index (χ4v) is 6.26. The number of nitriles is 1. The number of nitrogens with zero attached hydrogens (tertiary/aromatic N) is 2. The van der Waals surface area contributed by atoms with E-state index in [9.17, 15) is 15.5 Å². The number of aromatic hydroxyl groups is 2. The van der Waals surface area contributed by atoms with Crippen molar-refractivity contribution in [3.63, 3.8) is 0 Å². The van der Waals surface area contributed by atoms with Crippen molar-refractivity contribution in [2.75, 3.05) is 6.61 Å². The second-order valence-electron chi connectivity index (χ2n) is 10.3. The van der Waals surface area contributed by atoms with Gasteiger partial charge in [0.25, 0.3) is 0 Å². The lowest BCUT2D eigenvalue weighted by molar-refractivity contribution is -0.0876. The molecule has 182 valence electrons. The van der Waals surface area contributed by atoms with Crippen LogP contribution in [0.25, 0.3) is 16.5 Å². The van der Waals surface area contributed by atoms with Gasteiger partial charge in [-0.25, -0.2) is 0 Å². The van der Waals surface area contributed by atoms with Crippen molar-refractivity contribution >= 4 is 10.8 Å². The smallest absolute Gasteiger partial charge is 0.205 e. The van der Waals surface area contributed by atoms with Crippen molar-refractivity contribution < 1.29 is 19.7 Å². The molecular formula is C30H28N2O4. The summed E-state index contributed by atoms with van der Waals surface area (Å²) in [4.78, 5) is 0. The maximum absolute atomic E-state index is 11.6. The summed E-state index contributed by atoms with van der Waals surface area (Å²) in [6.07, 6.45) is 2.03. The van der Waals surface area contributed by atoms with Gasteiger partial charge in [-0.05, 0) is 69.0 Å². The third-order valence-corrected chi connectivity index (χ3v) is 7.76. The van der Waals surface area contributed by atoms with Gasteiger partial charge in [-0.15, -0.1) is 0 Å². The van der Waals surface area contributed by atoms with E-state index in [0.29, 0.717) is 35.4 Å². The van der Waals surface area contributed by atoms with Gasteiger partial charge in [0, 0.05) is 17.2 Å². The Hall–Kier alpha value is -3.95. The van der Waals surface area contributed by atoms with E-state index in [4.69, 9.17) is 9.47 Å². The number of aromatic nitrogens is 1. The topological polar surface area (TPSA) is 87.6 Å². The molecule has 0 amide bonds. The van der Waals surface area contributed by atoms with Crippen LogP contribution in [0.4, 0.5) is 0 Å². The first-order valence-corrected chi connectivity index (χ1v) is 12.3. The molecule has 3 aromatic carbocycles. The Kier molecular flexibility index (Phi) is 4.86. The molecule has 1 saturated heterocycles. The van der Waals surface area contributed by atoms with Crippen LogP contribution in [0.3, 0.4) is 0 Å². The minimum Gasteiger partial charge on any atom is -0.494 e. The van der Waals surface area contributed by atoms with Crippen LogP contribution in [0.1, 0.15) is 54.0 Å². The molecule has 2 aliphatic heterocycles. The summed E-state index contributed by atoms with van der Waals surface area (Å²) in [6, 6.07) is 19.4. The van der Waals surface area contributed by atoms with Crippen LogP contribution in [0.2, 0.25) is 0 Å². The van der Waals surface area contributed by atoms with Gasteiger partial charge in [-0.1, -0.05) is 30.3 Å². The number of fused-ring (bicyclic) bond motifs is 6. The quantitative estimate of drug-likeness (QED) is 0.353. The number of hydrogen-bond acceptors (Lipinski definition) is 5. The van der Waals surface area contributed by atoms with Crippen molar-refractivity contribution in [2.45, 2.75) is 51.2 Å². The van der Waals surface area contributed by atoms with Crippen molar-refractivity contribution in [3.05, 3.63) is 82.4 Å². The highest BCUT2D eigenvalue weighted by Gasteiger charge is 2.61. The largest absolute Gasteiger partial charge is 0.494 e. The third kappa shape index (κ3) is 3.13. The lowest BCUT2D eigenvalue weighted by atomic mass is 9.78. The first kappa shape index (κ1) is 22.5. The van der Waals surface area contributed by atoms with E-state index in [1.807, 2.05) is 57.2 Å². The molecule has 0 saturated carbocycles. The maximum Gasteiger partial charge on any atom is 0.205 e. The molecule has 36 heavy (non-hydrogen) atoms. The zero-order valence-corrected chi connectivity index (χ0v) is 20.6. The van der Waals surface area contributed by atoms with E-state index in [2.05, 4.69) is 12.1 Å². The summed E-state index contributed by atoms with van der Waals surface area (Å²) < 4.78 is 14.2. The molecule has 4 aromatic rings. The van der Waals surface area contributed by atoms with E-state index in [0.717, 1.165) is 40.5 Å². The lowest BCUT2D eigenvalue weighted by Gasteiger charge is -2.26. The number of aryl methyl sites for hydroxylation is 2. The molecule has 2 bridgehead atoms. The van der Waals surface area contributed by atoms with Crippen LogP contribution in [0.15, 0.2) is 54.6 Å². The number of rotatable bonds is 5. The van der Waals surface area contributed by atoms with Gasteiger partial charge < -0.3 is 19.7 Å². The van der Waals surface area contributed by atoms with Crippen LogP contribution < -0.4 is 4.74 Å². The summed E-state index contributed by atoms with van der Waals surface area (Å²) in [5.74, 6) is 0.778. The molecule has 0 radical (unpaired) electrons. The molecule has 0 spiro atoms. The first-order valence-electron chi connectivity index (χ1n) is 12.3. The predicted octanol–water partition coefficient (Wildman–Crippen LogP) is 6.23. The molecule has 2 N–H and O–H groups in total. The molecule has 1 fully saturated rings. The zero-order chi connectivity index (χ0) is 25.2. The van der Waals surface area contributed by atoms with E-state index in [1.165, 1.54) is 4.57 Å². The predicted molar refractivity (Wildman–Crippen MR) is 137 cm³/mol. The average Bonchev–Trinajstić information content (AvgIpc) is 3.42. The third-order valence-electron chi connectivity index (χ3n) is 7.76. The van der Waals surface area contributed by atoms with Crippen molar-refractivity contribution in [1.82, 2.24) is 4.57 Å². The molecule has 6 heteroatoms. The summed E-state index contributed by atoms with van der Waals surface area (Å²) in [6.45, 7) is 6.49. The average molecular weight is 481 g/mol. The minimum atomic E-state index is -0.738. The molecule has 6 nitrogen and oxygen atoms in total. The fourth-order valence-electron chi connectivity index (χ4n) is 6.26. The second kappa shape index (κ2) is 7.78. The van der Waals surface area contributed by atoms with Gasteiger partial charge in [0.1, 0.15) is 11.4 Å². The Labute approximate surface area is 209 Å². The van der Waals surface area contributed by atoms with Gasteiger partial charge in [0.15, 0.2) is 0 Å². The van der Waals surface area contributed by atoms with Crippen LogP contribution in [-0.4, -0.2) is 21.4 Å². The monoisotopic (exact) mass is 480 g/mol. The Bertz CT molecular complexity index is 1560. The normalized spacial score (nSPS) is 22.1. The van der Waals surface area contributed by atoms with Gasteiger partial charge in [-0.2, -0.15) is 5.26 Å². The van der Waals surface area contributed by atoms with E-state index in [1.54, 1.807) is 12.1 Å². The van der Waals surface area contributed by atoms with Crippen molar-refractivity contribution in [2.24, 2.45) is 0 Å². The molecule has 2 atom stereocenters. The van der Waals surface area contributed by atoms with E-state index in [-0.39, 0.29) is 11.8 Å². The van der Waals surface area contributed by atoms with Gasteiger partial charge in [0.05, 0.1) is 40.7 Å². The lowest BCUT2D eigenvalue weighted by Crippen LogP contribution is -2.25. The molecule has 0 unspecified atom stereocenters. The molecule has 6 rings (SSSR count). The van der Waals surface area contributed by atoms with Crippen LogP contribution in [0, 0.1) is 25.2 Å². The Balaban J connectivity index is 1.42. The molecular weight excluding hydrogens is 452 g/mol. The molecule has 3 heterocycles. The Morgan fingerprint density at radius 1 is 0.972 bits per heavy atom. The summed E-state index contributed by atoms with van der Waals surface area (Å²) in [5, 5.41) is 34.1. The molecule has 1 aromatic heterocycles. The number of ether oxygens (including phenoxy) is 2. The highest BCUT2D eigenvalue weighted by Crippen LogP contribution is 2.65. The summed E-state index contributed by atoms with van der Waals surface area (Å²) >= 11 is 0. The number of benzene rings is 3. The summed E-state index contributed by atoms with van der Waals surface area (Å²) in [5.41, 5.74) is 3.32. The fraction of sp³-hybridized carbons (Fsp3) is 0.300. The van der Waals surface area contributed by atoms with Gasteiger partial charge in [-0.3, -0.25) is 4.57 Å². The second-order valence-corrected chi connectivity index (χ2v) is 10.3. The SMILES string of the molecule is Cc1cc(C)cc(OCC[C@@]23CC[C@@](C)(O2)c2c3c(O)n(-c3ccc(C#N)c4ccccc34)c2O)c1.